The first-order valence-corrected chi connectivity index (χ1v) is 11.6. The monoisotopic (exact) mass is 473 g/mol. The second-order valence-electron chi connectivity index (χ2n) is 9.22. The molecule has 0 aliphatic carbocycles. The van der Waals surface area contributed by atoms with Crippen molar-refractivity contribution in [3.05, 3.63) is 46.9 Å². The average Bonchev–Trinajstić information content (AvgIpc) is 2.76. The first kappa shape index (κ1) is 24.8. The minimum atomic E-state index is -0.616. The molecule has 33 heavy (non-hydrogen) atoms. The molecule has 0 spiro atoms. The number of nitrogens with zero attached hydrogens (tertiary/aromatic N) is 3. The summed E-state index contributed by atoms with van der Waals surface area (Å²) in [6.07, 6.45) is 3.60. The quantitative estimate of drug-likeness (QED) is 0.583. The van der Waals surface area contributed by atoms with Gasteiger partial charge < -0.3 is 20.3 Å². The fraction of sp³-hybridized carbons (Fsp3) is 0.500. The number of halogens is 1. The fourth-order valence-electron chi connectivity index (χ4n) is 3.63. The van der Waals surface area contributed by atoms with Crippen LogP contribution in [0, 0.1) is 12.8 Å². The summed E-state index contributed by atoms with van der Waals surface area (Å²) in [7, 11) is 0. The van der Waals surface area contributed by atoms with E-state index in [9.17, 15) is 9.59 Å². The summed E-state index contributed by atoms with van der Waals surface area (Å²) >= 11 is 6.41. The molecule has 1 aromatic heterocycles. The highest BCUT2D eigenvalue weighted by Crippen LogP contribution is 2.28. The molecule has 1 aromatic carbocycles. The normalized spacial score (nSPS) is 14.6. The summed E-state index contributed by atoms with van der Waals surface area (Å²) in [5.74, 6) is 1.57. The molecule has 178 valence electrons. The average molecular weight is 474 g/mol. The number of hydrogen-bond acceptors (Lipinski definition) is 7. The van der Waals surface area contributed by atoms with E-state index in [4.69, 9.17) is 16.3 Å². The maximum absolute atomic E-state index is 12.7. The van der Waals surface area contributed by atoms with Gasteiger partial charge in [-0.25, -0.2) is 14.8 Å². The zero-order chi connectivity index (χ0) is 24.0. The predicted molar refractivity (Wildman–Crippen MR) is 130 cm³/mol. The van der Waals surface area contributed by atoms with Gasteiger partial charge in [-0.2, -0.15) is 0 Å². The molecule has 0 unspecified atom stereocenters. The molecule has 1 saturated heterocycles. The van der Waals surface area contributed by atoms with Crippen molar-refractivity contribution in [2.45, 2.75) is 46.1 Å². The van der Waals surface area contributed by atoms with E-state index >= 15 is 0 Å². The van der Waals surface area contributed by atoms with Gasteiger partial charge in [0.2, 0.25) is 5.91 Å². The van der Waals surface area contributed by atoms with Crippen molar-refractivity contribution in [3.63, 3.8) is 0 Å². The number of nitrogens with one attached hydrogen (secondary N) is 2. The second-order valence-corrected chi connectivity index (χ2v) is 9.59. The number of hydrogen-bond donors (Lipinski definition) is 2. The van der Waals surface area contributed by atoms with Gasteiger partial charge in [-0.05, 0) is 64.7 Å². The summed E-state index contributed by atoms with van der Waals surface area (Å²) in [5.41, 5.74) is 0.193. The number of carbonyl (C=O) groups is 2. The zero-order valence-corrected chi connectivity index (χ0v) is 20.4. The zero-order valence-electron chi connectivity index (χ0n) is 19.7. The van der Waals surface area contributed by atoms with Crippen LogP contribution in [-0.2, 0) is 9.53 Å². The number of ether oxygens (including phenoxy) is 1. The summed E-state index contributed by atoms with van der Waals surface area (Å²) < 4.78 is 5.41. The Hall–Kier alpha value is -2.87. The topological polar surface area (TPSA) is 96.5 Å². The number of amides is 1. The van der Waals surface area contributed by atoms with Crippen molar-refractivity contribution in [1.29, 1.82) is 0 Å². The standard InChI is InChI=1S/C24H32ClN5O3/c1-16-26-11-8-20(29-16)28-14-17-9-12-30(13-10-17)21(31)15-27-19-7-5-6-18(22(19)25)23(32)33-24(2,3)4/h5-8,11,17,27H,9-10,12-15H2,1-4H3,(H,26,28,29). The van der Waals surface area contributed by atoms with Gasteiger partial charge in [-0.1, -0.05) is 17.7 Å². The van der Waals surface area contributed by atoms with E-state index in [-0.39, 0.29) is 23.0 Å². The van der Waals surface area contributed by atoms with E-state index in [0.717, 1.165) is 31.0 Å². The SMILES string of the molecule is Cc1nccc(NCC2CCN(C(=O)CNc3cccc(C(=O)OC(C)(C)C)c3Cl)CC2)n1. The van der Waals surface area contributed by atoms with Crippen molar-refractivity contribution in [3.8, 4) is 0 Å². The van der Waals surface area contributed by atoms with Crippen LogP contribution in [-0.4, -0.2) is 58.5 Å². The molecule has 0 atom stereocenters. The lowest BCUT2D eigenvalue weighted by molar-refractivity contribution is -0.130. The third-order valence-electron chi connectivity index (χ3n) is 5.36. The number of benzene rings is 1. The van der Waals surface area contributed by atoms with Crippen LogP contribution in [0.15, 0.2) is 30.5 Å². The van der Waals surface area contributed by atoms with Crippen LogP contribution < -0.4 is 10.6 Å². The number of rotatable bonds is 7. The number of aryl methyl sites for hydroxylation is 1. The summed E-state index contributed by atoms with van der Waals surface area (Å²) in [5, 5.41) is 6.69. The highest BCUT2D eigenvalue weighted by atomic mass is 35.5. The Bertz CT molecular complexity index is 984. The molecule has 2 heterocycles. The second kappa shape index (κ2) is 10.8. The molecule has 3 rings (SSSR count). The molecular weight excluding hydrogens is 442 g/mol. The van der Waals surface area contributed by atoms with Crippen molar-refractivity contribution in [2.75, 3.05) is 36.8 Å². The molecule has 1 fully saturated rings. The molecule has 9 heteroatoms. The van der Waals surface area contributed by atoms with Crippen LogP contribution in [0.3, 0.4) is 0 Å². The number of likely N-dealkylation sites (tertiary alicyclic amines) is 1. The molecule has 1 amide bonds. The molecule has 1 aliphatic rings. The van der Waals surface area contributed by atoms with Crippen molar-refractivity contribution in [1.82, 2.24) is 14.9 Å². The Morgan fingerprint density at radius 3 is 2.58 bits per heavy atom. The maximum Gasteiger partial charge on any atom is 0.340 e. The lowest BCUT2D eigenvalue weighted by Gasteiger charge is -2.32. The van der Waals surface area contributed by atoms with Gasteiger partial charge in [-0.3, -0.25) is 4.79 Å². The molecule has 2 N–H and O–H groups in total. The molecule has 8 nitrogen and oxygen atoms in total. The van der Waals surface area contributed by atoms with Gasteiger partial charge in [0.1, 0.15) is 17.2 Å². The van der Waals surface area contributed by atoms with Crippen LogP contribution in [0.2, 0.25) is 5.02 Å². The van der Waals surface area contributed by atoms with E-state index in [1.165, 1.54) is 0 Å². The number of aromatic nitrogens is 2. The Balaban J connectivity index is 1.47. The molecule has 0 bridgehead atoms. The van der Waals surface area contributed by atoms with Crippen molar-refractivity contribution < 1.29 is 14.3 Å². The minimum Gasteiger partial charge on any atom is -0.456 e. The molecule has 2 aromatic rings. The van der Waals surface area contributed by atoms with Crippen LogP contribution in [0.1, 0.15) is 49.8 Å². The lowest BCUT2D eigenvalue weighted by atomic mass is 9.96. The molecule has 0 saturated carbocycles. The maximum atomic E-state index is 12.7. The fourth-order valence-corrected chi connectivity index (χ4v) is 3.90. The van der Waals surface area contributed by atoms with E-state index < -0.39 is 11.6 Å². The number of esters is 1. The third-order valence-corrected chi connectivity index (χ3v) is 5.77. The first-order valence-electron chi connectivity index (χ1n) is 11.2. The van der Waals surface area contributed by atoms with Gasteiger partial charge in [-0.15, -0.1) is 0 Å². The largest absolute Gasteiger partial charge is 0.456 e. The van der Waals surface area contributed by atoms with Crippen LogP contribution in [0.5, 0.6) is 0 Å². The smallest absolute Gasteiger partial charge is 0.340 e. The Kier molecular flexibility index (Phi) is 8.13. The summed E-state index contributed by atoms with van der Waals surface area (Å²) in [4.78, 5) is 35.4. The Labute approximate surface area is 200 Å². The van der Waals surface area contributed by atoms with Crippen LogP contribution in [0.4, 0.5) is 11.5 Å². The van der Waals surface area contributed by atoms with Gasteiger partial charge >= 0.3 is 5.97 Å². The number of anilines is 2. The first-order chi connectivity index (χ1) is 15.6. The van der Waals surface area contributed by atoms with Gasteiger partial charge in [0.05, 0.1) is 22.8 Å². The Morgan fingerprint density at radius 1 is 1.18 bits per heavy atom. The van der Waals surface area contributed by atoms with E-state index in [0.29, 0.717) is 24.7 Å². The minimum absolute atomic E-state index is 0.00609. The number of carbonyl (C=O) groups excluding carboxylic acids is 2. The van der Waals surface area contributed by atoms with Crippen LogP contribution in [0.25, 0.3) is 0 Å². The summed E-state index contributed by atoms with van der Waals surface area (Å²) in [6, 6.07) is 6.94. The molecule has 1 aliphatic heterocycles. The molecule has 0 radical (unpaired) electrons. The van der Waals surface area contributed by atoms with Gasteiger partial charge in [0, 0.05) is 25.8 Å². The van der Waals surface area contributed by atoms with Crippen LogP contribution >= 0.6 is 11.6 Å². The number of piperidine rings is 1. The van der Waals surface area contributed by atoms with E-state index in [1.54, 1.807) is 45.2 Å². The highest BCUT2D eigenvalue weighted by Gasteiger charge is 2.24. The van der Waals surface area contributed by atoms with E-state index in [1.807, 2.05) is 17.9 Å². The highest BCUT2D eigenvalue weighted by molar-refractivity contribution is 6.36. The van der Waals surface area contributed by atoms with E-state index in [2.05, 4.69) is 20.6 Å². The Morgan fingerprint density at radius 2 is 1.91 bits per heavy atom. The third kappa shape index (κ3) is 7.32. The summed E-state index contributed by atoms with van der Waals surface area (Å²) in [6.45, 7) is 9.62. The predicted octanol–water partition coefficient (Wildman–Crippen LogP) is 4.16. The van der Waals surface area contributed by atoms with Crippen molar-refractivity contribution >= 4 is 35.0 Å². The van der Waals surface area contributed by atoms with Crippen molar-refractivity contribution in [2.24, 2.45) is 5.92 Å². The van der Waals surface area contributed by atoms with Gasteiger partial charge in [0.15, 0.2) is 0 Å². The molecular formula is C24H32ClN5O3. The lowest BCUT2D eigenvalue weighted by Crippen LogP contribution is -2.42. The van der Waals surface area contributed by atoms with Gasteiger partial charge in [0.25, 0.3) is 0 Å².